The maximum Gasteiger partial charge on any atom is 0.337 e. The molecule has 8 nitrogen and oxygen atoms in total. The monoisotopic (exact) mass is 473 g/mol. The van der Waals surface area contributed by atoms with Gasteiger partial charge in [0.1, 0.15) is 4.83 Å². The zero-order valence-corrected chi connectivity index (χ0v) is 19.2. The van der Waals surface area contributed by atoms with E-state index in [0.717, 1.165) is 47.8 Å². The average molecular weight is 474 g/mol. The van der Waals surface area contributed by atoms with Gasteiger partial charge in [0.05, 0.1) is 35.5 Å². The van der Waals surface area contributed by atoms with E-state index in [-0.39, 0.29) is 28.5 Å². The van der Waals surface area contributed by atoms with E-state index < -0.39 is 5.97 Å². The van der Waals surface area contributed by atoms with Crippen LogP contribution in [0.1, 0.15) is 33.6 Å². The zero-order chi connectivity index (χ0) is 22.7. The topological polar surface area (TPSA) is 111 Å². The van der Waals surface area contributed by atoms with Gasteiger partial charge in [-0.3, -0.25) is 14.2 Å². The number of rotatable bonds is 8. The summed E-state index contributed by atoms with van der Waals surface area (Å²) in [4.78, 5) is 43.9. The van der Waals surface area contributed by atoms with E-state index in [0.29, 0.717) is 23.7 Å². The minimum Gasteiger partial charge on any atom is -0.478 e. The van der Waals surface area contributed by atoms with Gasteiger partial charge >= 0.3 is 5.97 Å². The molecule has 0 radical (unpaired) electrons. The van der Waals surface area contributed by atoms with Gasteiger partial charge in [-0.1, -0.05) is 23.9 Å². The number of hydrogen-bond donors (Lipinski definition) is 2. The number of hydrogen-bond acceptors (Lipinski definition) is 7. The quantitative estimate of drug-likeness (QED) is 0.381. The molecule has 1 aromatic carbocycles. The Bertz CT molecular complexity index is 1230. The first-order chi connectivity index (χ1) is 15.5. The molecule has 0 fully saturated rings. The zero-order valence-electron chi connectivity index (χ0n) is 17.6. The predicted molar refractivity (Wildman–Crippen MR) is 125 cm³/mol. The first-order valence-corrected chi connectivity index (χ1v) is 12.1. The number of carboxylic acid groups (broad SMARTS) is 1. The van der Waals surface area contributed by atoms with Crippen molar-refractivity contribution >= 4 is 50.9 Å². The minimum absolute atomic E-state index is 0.00995. The number of carbonyl (C=O) groups excluding carboxylic acids is 1. The molecule has 32 heavy (non-hydrogen) atoms. The molecule has 4 rings (SSSR count). The Morgan fingerprint density at radius 2 is 2.06 bits per heavy atom. The smallest absolute Gasteiger partial charge is 0.337 e. The van der Waals surface area contributed by atoms with E-state index in [2.05, 4.69) is 5.32 Å². The van der Waals surface area contributed by atoms with E-state index in [4.69, 9.17) is 9.72 Å². The molecule has 0 atom stereocenters. The number of para-hydroxylation sites is 1. The standard InChI is InChI=1S/C22H23N3O5S2/c1-30-11-10-25-20(27)18-14-7-3-5-9-16(14)32-19(18)24-22(25)31-12-17(26)23-15-8-4-2-6-13(15)21(28)29/h2,4,6,8H,3,5,7,9-12H2,1H3,(H,23,26)(H,28,29). The molecule has 3 aromatic rings. The van der Waals surface area contributed by atoms with E-state index in [1.165, 1.54) is 10.9 Å². The maximum atomic E-state index is 13.3. The Balaban J connectivity index is 1.60. The molecular formula is C22H23N3O5S2. The van der Waals surface area contributed by atoms with Crippen LogP contribution in [0.3, 0.4) is 0 Å². The van der Waals surface area contributed by atoms with Crippen molar-refractivity contribution in [3.05, 3.63) is 50.6 Å². The number of carbonyl (C=O) groups is 2. The van der Waals surface area contributed by atoms with E-state index in [1.54, 1.807) is 41.2 Å². The molecule has 0 spiro atoms. The van der Waals surface area contributed by atoms with Crippen molar-refractivity contribution in [2.24, 2.45) is 0 Å². The fourth-order valence-electron chi connectivity index (χ4n) is 3.80. The number of nitrogens with zero attached hydrogens (tertiary/aromatic N) is 2. The number of amides is 1. The van der Waals surface area contributed by atoms with Gasteiger partial charge in [-0.15, -0.1) is 11.3 Å². The van der Waals surface area contributed by atoms with Crippen molar-refractivity contribution in [1.82, 2.24) is 9.55 Å². The Kier molecular flexibility index (Phi) is 6.92. The van der Waals surface area contributed by atoms with Gasteiger partial charge in [0.25, 0.3) is 5.56 Å². The maximum absolute atomic E-state index is 13.3. The summed E-state index contributed by atoms with van der Waals surface area (Å²) in [5.74, 6) is -1.50. The molecule has 1 aliphatic carbocycles. The lowest BCUT2D eigenvalue weighted by Crippen LogP contribution is -2.26. The summed E-state index contributed by atoms with van der Waals surface area (Å²) in [6, 6.07) is 6.23. The molecule has 2 N–H and O–H groups in total. The second kappa shape index (κ2) is 9.85. The number of methoxy groups -OCH3 is 1. The van der Waals surface area contributed by atoms with Crippen LogP contribution in [0.4, 0.5) is 5.69 Å². The number of aromatic carboxylic acids is 1. The van der Waals surface area contributed by atoms with Gasteiger partial charge in [-0.05, 0) is 43.4 Å². The van der Waals surface area contributed by atoms with E-state index >= 15 is 0 Å². The molecule has 1 aliphatic rings. The third-order valence-electron chi connectivity index (χ3n) is 5.32. The lowest BCUT2D eigenvalue weighted by molar-refractivity contribution is -0.113. The number of fused-ring (bicyclic) bond motifs is 3. The number of anilines is 1. The SMILES string of the molecule is COCCn1c(SCC(=O)Nc2ccccc2C(=O)O)nc2sc3c(c2c1=O)CCCC3. The van der Waals surface area contributed by atoms with Crippen molar-refractivity contribution in [2.45, 2.75) is 37.4 Å². The molecule has 1 amide bonds. The number of aryl methyl sites for hydroxylation is 2. The number of carboxylic acids is 1. The molecule has 0 unspecified atom stereocenters. The number of thiophene rings is 1. The van der Waals surface area contributed by atoms with Crippen LogP contribution in [0.15, 0.2) is 34.2 Å². The van der Waals surface area contributed by atoms with Gasteiger partial charge in [0, 0.05) is 12.0 Å². The fraction of sp³-hybridized carbons (Fsp3) is 0.364. The van der Waals surface area contributed by atoms with Crippen molar-refractivity contribution < 1.29 is 19.4 Å². The third-order valence-corrected chi connectivity index (χ3v) is 7.48. The number of benzene rings is 1. The van der Waals surface area contributed by atoms with Crippen LogP contribution >= 0.6 is 23.1 Å². The summed E-state index contributed by atoms with van der Waals surface area (Å²) in [5.41, 5.74) is 1.29. The highest BCUT2D eigenvalue weighted by Gasteiger charge is 2.22. The van der Waals surface area contributed by atoms with Gasteiger partial charge in [-0.2, -0.15) is 0 Å². The molecule has 168 valence electrons. The molecule has 0 saturated carbocycles. The fourth-order valence-corrected chi connectivity index (χ4v) is 5.93. The summed E-state index contributed by atoms with van der Waals surface area (Å²) >= 11 is 2.73. The molecule has 0 aliphatic heterocycles. The summed E-state index contributed by atoms with van der Waals surface area (Å²) in [7, 11) is 1.57. The van der Waals surface area contributed by atoms with Gasteiger partial charge in [0.2, 0.25) is 5.91 Å². The third kappa shape index (κ3) is 4.57. The minimum atomic E-state index is -1.12. The second-order valence-electron chi connectivity index (χ2n) is 7.42. The second-order valence-corrected chi connectivity index (χ2v) is 9.45. The lowest BCUT2D eigenvalue weighted by Gasteiger charge is -2.13. The number of thioether (sulfide) groups is 1. The van der Waals surface area contributed by atoms with Crippen LogP contribution in [-0.2, 0) is 28.9 Å². The predicted octanol–water partition coefficient (Wildman–Crippen LogP) is 3.41. The summed E-state index contributed by atoms with van der Waals surface area (Å²) in [6.07, 6.45) is 4.07. The normalized spacial score (nSPS) is 13.2. The molecule has 0 saturated heterocycles. The number of nitrogens with one attached hydrogen (secondary N) is 1. The summed E-state index contributed by atoms with van der Waals surface area (Å²) < 4.78 is 6.75. The van der Waals surface area contributed by atoms with Crippen molar-refractivity contribution in [2.75, 3.05) is 24.8 Å². The lowest BCUT2D eigenvalue weighted by atomic mass is 9.97. The van der Waals surface area contributed by atoms with Gasteiger partial charge < -0.3 is 15.2 Å². The Morgan fingerprint density at radius 1 is 1.28 bits per heavy atom. The number of aromatic nitrogens is 2. The Hall–Kier alpha value is -2.69. The summed E-state index contributed by atoms with van der Waals surface area (Å²) in [6.45, 7) is 0.694. The van der Waals surface area contributed by atoms with Crippen LogP contribution in [0.5, 0.6) is 0 Å². The molecule has 10 heteroatoms. The molecule has 2 heterocycles. The summed E-state index contributed by atoms with van der Waals surface area (Å²) in [5, 5.41) is 13.1. The first-order valence-electron chi connectivity index (χ1n) is 10.3. The van der Waals surface area contributed by atoms with Crippen molar-refractivity contribution in [3.8, 4) is 0 Å². The number of ether oxygens (including phenoxy) is 1. The highest BCUT2D eigenvalue weighted by atomic mass is 32.2. The molecule has 0 bridgehead atoms. The van der Waals surface area contributed by atoms with Crippen LogP contribution < -0.4 is 10.9 Å². The van der Waals surface area contributed by atoms with Crippen LogP contribution in [0.25, 0.3) is 10.2 Å². The van der Waals surface area contributed by atoms with Crippen LogP contribution in [0.2, 0.25) is 0 Å². The highest BCUT2D eigenvalue weighted by Crippen LogP contribution is 2.34. The van der Waals surface area contributed by atoms with Crippen molar-refractivity contribution in [1.29, 1.82) is 0 Å². The van der Waals surface area contributed by atoms with Crippen LogP contribution in [-0.4, -0.2) is 46.0 Å². The molecule has 2 aromatic heterocycles. The first kappa shape index (κ1) is 22.5. The Labute approximate surface area is 192 Å². The van der Waals surface area contributed by atoms with Gasteiger partial charge in [0.15, 0.2) is 5.16 Å². The van der Waals surface area contributed by atoms with Crippen molar-refractivity contribution in [3.63, 3.8) is 0 Å². The van der Waals surface area contributed by atoms with Crippen LogP contribution in [0, 0.1) is 0 Å². The molecular weight excluding hydrogens is 450 g/mol. The largest absolute Gasteiger partial charge is 0.478 e. The van der Waals surface area contributed by atoms with Gasteiger partial charge in [-0.25, -0.2) is 9.78 Å². The highest BCUT2D eigenvalue weighted by molar-refractivity contribution is 7.99. The Morgan fingerprint density at radius 3 is 2.84 bits per heavy atom. The van der Waals surface area contributed by atoms with E-state index in [1.807, 2.05) is 0 Å². The van der Waals surface area contributed by atoms with E-state index in [9.17, 15) is 19.5 Å². The average Bonchev–Trinajstić information content (AvgIpc) is 3.16.